The van der Waals surface area contributed by atoms with Crippen molar-refractivity contribution in [2.24, 2.45) is 0 Å². The SMILES string of the molecule is O=C(NCCSC(F)(F)F)OCc1ccccc1. The maximum atomic E-state index is 11.8. The van der Waals surface area contributed by atoms with Crippen molar-refractivity contribution in [2.45, 2.75) is 12.1 Å². The van der Waals surface area contributed by atoms with E-state index in [1.165, 1.54) is 0 Å². The number of hydrogen-bond donors (Lipinski definition) is 1. The van der Waals surface area contributed by atoms with Crippen LogP contribution in [0.2, 0.25) is 0 Å². The molecule has 0 bridgehead atoms. The summed E-state index contributed by atoms with van der Waals surface area (Å²) in [4.78, 5) is 11.1. The predicted molar refractivity (Wildman–Crippen MR) is 63.1 cm³/mol. The van der Waals surface area contributed by atoms with Gasteiger partial charge in [0.15, 0.2) is 0 Å². The van der Waals surface area contributed by atoms with E-state index >= 15 is 0 Å². The number of halogens is 3. The molecule has 1 aromatic carbocycles. The number of rotatable bonds is 5. The van der Waals surface area contributed by atoms with Crippen LogP contribution in [0, 0.1) is 0 Å². The van der Waals surface area contributed by atoms with E-state index < -0.39 is 11.6 Å². The van der Waals surface area contributed by atoms with Crippen LogP contribution in [0.15, 0.2) is 30.3 Å². The molecule has 0 aliphatic rings. The standard InChI is InChI=1S/C11H12F3NO2S/c12-11(13,14)18-7-6-15-10(16)17-8-9-4-2-1-3-5-9/h1-5H,6-8H2,(H,15,16). The Hall–Kier alpha value is -1.37. The molecule has 1 amide bonds. The molecule has 0 unspecified atom stereocenters. The lowest BCUT2D eigenvalue weighted by molar-refractivity contribution is -0.0327. The smallest absolute Gasteiger partial charge is 0.441 e. The molecule has 1 N–H and O–H groups in total. The summed E-state index contributed by atoms with van der Waals surface area (Å²) in [5.41, 5.74) is -3.45. The van der Waals surface area contributed by atoms with E-state index in [9.17, 15) is 18.0 Å². The summed E-state index contributed by atoms with van der Waals surface area (Å²) in [6.45, 7) is 0.0108. The fourth-order valence-electron chi connectivity index (χ4n) is 1.09. The molecule has 3 nitrogen and oxygen atoms in total. The molecule has 0 aliphatic heterocycles. The van der Waals surface area contributed by atoms with Gasteiger partial charge in [-0.15, -0.1) is 0 Å². The van der Waals surface area contributed by atoms with Crippen LogP contribution in [0.25, 0.3) is 0 Å². The first kappa shape index (κ1) is 14.7. The largest absolute Gasteiger partial charge is 0.445 e. The van der Waals surface area contributed by atoms with Gasteiger partial charge in [0, 0.05) is 12.3 Å². The lowest BCUT2D eigenvalue weighted by Crippen LogP contribution is -2.27. The van der Waals surface area contributed by atoms with Crippen LogP contribution in [0.1, 0.15) is 5.56 Å². The van der Waals surface area contributed by atoms with Gasteiger partial charge in [-0.3, -0.25) is 0 Å². The van der Waals surface area contributed by atoms with Crippen molar-refractivity contribution < 1.29 is 22.7 Å². The van der Waals surface area contributed by atoms with Gasteiger partial charge in [0.2, 0.25) is 0 Å². The summed E-state index contributed by atoms with van der Waals surface area (Å²) in [5.74, 6) is -0.232. The van der Waals surface area contributed by atoms with Gasteiger partial charge in [-0.25, -0.2) is 4.79 Å². The summed E-state index contributed by atoms with van der Waals surface area (Å²) in [6, 6.07) is 9.00. The van der Waals surface area contributed by atoms with Crippen LogP contribution in [-0.2, 0) is 11.3 Å². The van der Waals surface area contributed by atoms with E-state index in [-0.39, 0.29) is 30.7 Å². The van der Waals surface area contributed by atoms with Gasteiger partial charge in [-0.1, -0.05) is 30.3 Å². The number of alkyl halides is 3. The highest BCUT2D eigenvalue weighted by molar-refractivity contribution is 8.00. The molecule has 7 heteroatoms. The maximum Gasteiger partial charge on any atom is 0.441 e. The minimum absolute atomic E-state index is 0.0855. The average molecular weight is 279 g/mol. The number of hydrogen-bond acceptors (Lipinski definition) is 3. The Morgan fingerprint density at radius 2 is 1.94 bits per heavy atom. The third-order valence-corrected chi connectivity index (χ3v) is 2.59. The Morgan fingerprint density at radius 3 is 2.56 bits per heavy atom. The molecule has 18 heavy (non-hydrogen) atoms. The van der Waals surface area contributed by atoms with Crippen molar-refractivity contribution in [1.29, 1.82) is 0 Å². The van der Waals surface area contributed by atoms with E-state index in [0.717, 1.165) is 5.56 Å². The van der Waals surface area contributed by atoms with Crippen molar-refractivity contribution in [3.63, 3.8) is 0 Å². The number of carbonyl (C=O) groups is 1. The summed E-state index contributed by atoms with van der Waals surface area (Å²) < 4.78 is 40.1. The van der Waals surface area contributed by atoms with Crippen molar-refractivity contribution in [3.8, 4) is 0 Å². The Kier molecular flexibility index (Phi) is 5.84. The maximum absolute atomic E-state index is 11.8. The van der Waals surface area contributed by atoms with E-state index in [1.807, 2.05) is 6.07 Å². The highest BCUT2D eigenvalue weighted by Crippen LogP contribution is 2.29. The van der Waals surface area contributed by atoms with Gasteiger partial charge in [-0.05, 0) is 17.3 Å². The zero-order valence-corrected chi connectivity index (χ0v) is 10.2. The van der Waals surface area contributed by atoms with E-state index in [0.29, 0.717) is 0 Å². The fourth-order valence-corrected chi connectivity index (χ4v) is 1.53. The van der Waals surface area contributed by atoms with Crippen LogP contribution in [-0.4, -0.2) is 23.9 Å². The molecule has 0 aliphatic carbocycles. The number of amides is 1. The van der Waals surface area contributed by atoms with Gasteiger partial charge >= 0.3 is 11.6 Å². The first-order valence-electron chi connectivity index (χ1n) is 5.12. The minimum atomic E-state index is -4.27. The summed E-state index contributed by atoms with van der Waals surface area (Å²) in [7, 11) is 0. The summed E-state index contributed by atoms with van der Waals surface area (Å²) in [6.07, 6.45) is -0.721. The van der Waals surface area contributed by atoms with Crippen molar-refractivity contribution in [2.75, 3.05) is 12.3 Å². The Morgan fingerprint density at radius 1 is 1.28 bits per heavy atom. The van der Waals surface area contributed by atoms with Crippen LogP contribution in [0.4, 0.5) is 18.0 Å². The average Bonchev–Trinajstić information content (AvgIpc) is 2.32. The quantitative estimate of drug-likeness (QED) is 0.841. The highest BCUT2D eigenvalue weighted by Gasteiger charge is 2.27. The molecule has 0 aromatic heterocycles. The van der Waals surface area contributed by atoms with E-state index in [1.54, 1.807) is 24.3 Å². The molecule has 1 rings (SSSR count). The second-order valence-electron chi connectivity index (χ2n) is 3.28. The predicted octanol–water partition coefficient (Wildman–Crippen LogP) is 3.17. The van der Waals surface area contributed by atoms with Gasteiger partial charge < -0.3 is 10.1 Å². The van der Waals surface area contributed by atoms with Gasteiger partial charge in [0.1, 0.15) is 6.61 Å². The zero-order chi connectivity index (χ0) is 13.4. The molecule has 0 saturated carbocycles. The molecule has 1 aromatic rings. The number of ether oxygens (including phenoxy) is 1. The lowest BCUT2D eigenvalue weighted by Gasteiger charge is -2.08. The second kappa shape index (κ2) is 7.15. The number of carbonyl (C=O) groups excluding carboxylic acids is 1. The fraction of sp³-hybridized carbons (Fsp3) is 0.364. The Bertz CT molecular complexity index is 370. The third-order valence-electron chi connectivity index (χ3n) is 1.85. The Balaban J connectivity index is 2.11. The zero-order valence-electron chi connectivity index (χ0n) is 9.37. The second-order valence-corrected chi connectivity index (χ2v) is 4.44. The van der Waals surface area contributed by atoms with Crippen molar-refractivity contribution in [1.82, 2.24) is 5.32 Å². The minimum Gasteiger partial charge on any atom is -0.445 e. The van der Waals surface area contributed by atoms with Crippen molar-refractivity contribution in [3.05, 3.63) is 35.9 Å². The molecule has 0 spiro atoms. The van der Waals surface area contributed by atoms with Crippen LogP contribution >= 0.6 is 11.8 Å². The molecular weight excluding hydrogens is 267 g/mol. The first-order valence-corrected chi connectivity index (χ1v) is 6.11. The van der Waals surface area contributed by atoms with Gasteiger partial charge in [0.05, 0.1) is 0 Å². The molecule has 0 fully saturated rings. The lowest BCUT2D eigenvalue weighted by atomic mass is 10.2. The molecular formula is C11H12F3NO2S. The van der Waals surface area contributed by atoms with E-state index in [2.05, 4.69) is 5.32 Å². The normalized spacial score (nSPS) is 11.1. The summed E-state index contributed by atoms with van der Waals surface area (Å²) in [5, 5.41) is 2.24. The van der Waals surface area contributed by atoms with Gasteiger partial charge in [-0.2, -0.15) is 13.2 Å². The van der Waals surface area contributed by atoms with Crippen LogP contribution < -0.4 is 5.32 Å². The summed E-state index contributed by atoms with van der Waals surface area (Å²) >= 11 is -0.180. The Labute approximate surface area is 107 Å². The monoisotopic (exact) mass is 279 g/mol. The molecule has 0 saturated heterocycles. The topological polar surface area (TPSA) is 38.3 Å². The molecule has 0 atom stereocenters. The number of benzene rings is 1. The molecule has 100 valence electrons. The number of alkyl carbamates (subject to hydrolysis) is 1. The highest BCUT2D eigenvalue weighted by atomic mass is 32.2. The van der Waals surface area contributed by atoms with Gasteiger partial charge in [0.25, 0.3) is 0 Å². The first-order chi connectivity index (χ1) is 8.47. The van der Waals surface area contributed by atoms with Crippen molar-refractivity contribution >= 4 is 17.9 Å². The number of nitrogens with one attached hydrogen (secondary N) is 1. The molecule has 0 heterocycles. The number of thioether (sulfide) groups is 1. The molecule has 0 radical (unpaired) electrons. The third kappa shape index (κ3) is 7.05. The van der Waals surface area contributed by atoms with Crippen LogP contribution in [0.3, 0.4) is 0 Å². The van der Waals surface area contributed by atoms with Crippen LogP contribution in [0.5, 0.6) is 0 Å². The van der Waals surface area contributed by atoms with E-state index in [4.69, 9.17) is 4.74 Å².